The first-order chi connectivity index (χ1) is 17.8. The molecule has 0 saturated heterocycles. The molecule has 37 heavy (non-hydrogen) atoms. The molecule has 0 bridgehead atoms. The maximum Gasteiger partial charge on any atom is 0.317 e. The zero-order chi connectivity index (χ0) is 26.4. The minimum Gasteiger partial charge on any atom is -0.468 e. The highest BCUT2D eigenvalue weighted by Gasteiger charge is 2.32. The Labute approximate surface area is 216 Å². The van der Waals surface area contributed by atoms with Crippen LogP contribution < -0.4 is 21.3 Å². The fourth-order valence-electron chi connectivity index (χ4n) is 3.98. The number of amides is 1. The van der Waals surface area contributed by atoms with Gasteiger partial charge >= 0.3 is 5.97 Å². The van der Waals surface area contributed by atoms with Gasteiger partial charge in [-0.1, -0.05) is 18.2 Å². The van der Waals surface area contributed by atoms with Crippen LogP contribution in [0.2, 0.25) is 0 Å². The lowest BCUT2D eigenvalue weighted by atomic mass is 9.89. The molecule has 0 radical (unpaired) electrons. The molecule has 3 aromatic rings. The fourth-order valence-corrected chi connectivity index (χ4v) is 3.98. The molecule has 1 aliphatic rings. The molecule has 192 valence electrons. The molecular formula is C27H31N7O3. The second kappa shape index (κ2) is 11.2. The van der Waals surface area contributed by atoms with Crippen molar-refractivity contribution in [2.45, 2.75) is 32.2 Å². The number of hydrogen-bond acceptors (Lipinski definition) is 9. The van der Waals surface area contributed by atoms with Crippen LogP contribution in [0.15, 0.2) is 55.3 Å². The van der Waals surface area contributed by atoms with Crippen LogP contribution in [0.1, 0.15) is 41.0 Å². The van der Waals surface area contributed by atoms with Crippen molar-refractivity contribution in [1.29, 1.82) is 0 Å². The van der Waals surface area contributed by atoms with E-state index in [1.54, 1.807) is 38.1 Å². The van der Waals surface area contributed by atoms with E-state index < -0.39 is 11.4 Å². The molecule has 1 aliphatic heterocycles. The summed E-state index contributed by atoms with van der Waals surface area (Å²) in [5.74, 6) is 0.236. The van der Waals surface area contributed by atoms with Crippen molar-refractivity contribution in [3.05, 3.63) is 77.6 Å². The molecule has 2 aromatic heterocycles. The maximum absolute atomic E-state index is 12.8. The lowest BCUT2D eigenvalue weighted by Crippen LogP contribution is -2.31. The van der Waals surface area contributed by atoms with E-state index in [-0.39, 0.29) is 17.3 Å². The summed E-state index contributed by atoms with van der Waals surface area (Å²) in [6, 6.07) is 11.4. The van der Waals surface area contributed by atoms with Gasteiger partial charge in [-0.25, -0.2) is 9.97 Å². The highest BCUT2D eigenvalue weighted by Crippen LogP contribution is 2.27. The van der Waals surface area contributed by atoms with E-state index in [1.165, 1.54) is 24.4 Å². The molecular weight excluding hydrogens is 470 g/mol. The van der Waals surface area contributed by atoms with Crippen LogP contribution in [0.5, 0.6) is 0 Å². The molecule has 0 saturated carbocycles. The Morgan fingerprint density at radius 2 is 2.00 bits per heavy atom. The van der Waals surface area contributed by atoms with Crippen molar-refractivity contribution in [2.75, 3.05) is 30.8 Å². The molecule has 0 fully saturated rings. The molecule has 3 heterocycles. The zero-order valence-corrected chi connectivity index (χ0v) is 21.2. The Bertz CT molecular complexity index is 1320. The average Bonchev–Trinajstić information content (AvgIpc) is 2.91. The van der Waals surface area contributed by atoms with Gasteiger partial charge in [-0.3, -0.25) is 9.59 Å². The number of carbonyl (C=O) groups is 2. The van der Waals surface area contributed by atoms with E-state index >= 15 is 0 Å². The van der Waals surface area contributed by atoms with Crippen LogP contribution in [0.4, 0.5) is 23.3 Å². The Morgan fingerprint density at radius 1 is 1.16 bits per heavy atom. The Hall–Kier alpha value is -4.31. The third-order valence-corrected chi connectivity index (χ3v) is 6.12. The molecule has 0 atom stereocenters. The molecule has 0 unspecified atom stereocenters. The molecule has 4 rings (SSSR count). The van der Waals surface area contributed by atoms with Crippen molar-refractivity contribution in [1.82, 2.24) is 25.6 Å². The first-order valence-corrected chi connectivity index (χ1v) is 12.0. The van der Waals surface area contributed by atoms with Crippen LogP contribution in [-0.4, -0.2) is 47.0 Å². The molecule has 4 N–H and O–H groups in total. The third kappa shape index (κ3) is 5.92. The standard InChI is InChI=1S/C27H31N7O3/c1-5-12-29-24(35)20-16-30-26(31-19-10-9-18-15-28-13-11-17(18)14-19)34-23(20)33-22-8-6-7-21(32-22)27(2,3)25(36)37-4/h5-10,14,16,28H,1,11-13,15H2,2-4H3,(H,29,35)(H2,30,31,32,33,34). The number of nitrogens with one attached hydrogen (secondary N) is 4. The van der Waals surface area contributed by atoms with Crippen LogP contribution in [0.25, 0.3) is 0 Å². The maximum atomic E-state index is 12.8. The summed E-state index contributed by atoms with van der Waals surface area (Å²) in [7, 11) is 1.34. The summed E-state index contributed by atoms with van der Waals surface area (Å²) >= 11 is 0. The van der Waals surface area contributed by atoms with Crippen molar-refractivity contribution in [3.63, 3.8) is 0 Å². The highest BCUT2D eigenvalue weighted by molar-refractivity contribution is 5.99. The van der Waals surface area contributed by atoms with Gasteiger partial charge in [0.15, 0.2) is 0 Å². The second-order valence-corrected chi connectivity index (χ2v) is 9.14. The Kier molecular flexibility index (Phi) is 7.78. The third-order valence-electron chi connectivity index (χ3n) is 6.12. The number of ether oxygens (including phenoxy) is 1. The molecule has 10 nitrogen and oxygen atoms in total. The number of anilines is 4. The number of rotatable bonds is 9. The summed E-state index contributed by atoms with van der Waals surface area (Å²) < 4.78 is 4.93. The minimum absolute atomic E-state index is 0.239. The van der Waals surface area contributed by atoms with Crippen molar-refractivity contribution in [2.24, 2.45) is 0 Å². The number of esters is 1. The van der Waals surface area contributed by atoms with E-state index in [0.29, 0.717) is 24.0 Å². The lowest BCUT2D eigenvalue weighted by molar-refractivity contribution is -0.146. The van der Waals surface area contributed by atoms with Crippen molar-refractivity contribution < 1.29 is 14.3 Å². The molecule has 0 aliphatic carbocycles. The van der Waals surface area contributed by atoms with Gasteiger partial charge in [0, 0.05) is 25.0 Å². The average molecular weight is 502 g/mol. The quantitative estimate of drug-likeness (QED) is 0.257. The summed E-state index contributed by atoms with van der Waals surface area (Å²) in [5, 5.41) is 12.5. The largest absolute Gasteiger partial charge is 0.468 e. The summed E-state index contributed by atoms with van der Waals surface area (Å²) in [4.78, 5) is 38.6. The van der Waals surface area contributed by atoms with Crippen LogP contribution >= 0.6 is 0 Å². The van der Waals surface area contributed by atoms with Crippen LogP contribution in [-0.2, 0) is 27.9 Å². The van der Waals surface area contributed by atoms with E-state index in [0.717, 1.165) is 25.2 Å². The van der Waals surface area contributed by atoms with E-state index in [9.17, 15) is 9.59 Å². The fraction of sp³-hybridized carbons (Fsp3) is 0.296. The topological polar surface area (TPSA) is 130 Å². The van der Waals surface area contributed by atoms with Crippen LogP contribution in [0, 0.1) is 0 Å². The van der Waals surface area contributed by atoms with Gasteiger partial charge in [0.05, 0.1) is 12.8 Å². The summed E-state index contributed by atoms with van der Waals surface area (Å²) in [6.45, 7) is 9.20. The zero-order valence-electron chi connectivity index (χ0n) is 21.2. The predicted octanol–water partition coefficient (Wildman–Crippen LogP) is 3.37. The van der Waals surface area contributed by atoms with Crippen molar-refractivity contribution >= 4 is 35.1 Å². The monoisotopic (exact) mass is 501 g/mol. The number of fused-ring (bicyclic) bond motifs is 1. The van der Waals surface area contributed by atoms with Gasteiger partial charge in [-0.15, -0.1) is 6.58 Å². The van der Waals surface area contributed by atoms with E-state index in [2.05, 4.69) is 54.9 Å². The van der Waals surface area contributed by atoms with Crippen molar-refractivity contribution in [3.8, 4) is 0 Å². The SMILES string of the molecule is C=CCNC(=O)c1cnc(Nc2ccc3c(c2)CCNC3)nc1Nc1cccc(C(C)(C)C(=O)OC)n1. The number of nitrogens with zero attached hydrogens (tertiary/aromatic N) is 3. The number of pyridine rings is 1. The van der Waals surface area contributed by atoms with Gasteiger partial charge in [0.25, 0.3) is 5.91 Å². The van der Waals surface area contributed by atoms with Gasteiger partial charge in [-0.05, 0) is 62.2 Å². The van der Waals surface area contributed by atoms with Gasteiger partial charge < -0.3 is 26.0 Å². The molecule has 1 aromatic carbocycles. The molecule has 10 heteroatoms. The Morgan fingerprint density at radius 3 is 2.78 bits per heavy atom. The van der Waals surface area contributed by atoms with E-state index in [4.69, 9.17) is 4.74 Å². The normalized spacial score (nSPS) is 12.7. The van der Waals surface area contributed by atoms with E-state index in [1.807, 2.05) is 6.07 Å². The van der Waals surface area contributed by atoms with Gasteiger partial charge in [0.2, 0.25) is 5.95 Å². The highest BCUT2D eigenvalue weighted by atomic mass is 16.5. The Balaban J connectivity index is 1.65. The number of methoxy groups -OCH3 is 1. The number of carbonyl (C=O) groups excluding carboxylic acids is 2. The first kappa shape index (κ1) is 25.8. The minimum atomic E-state index is -0.961. The summed E-state index contributed by atoms with van der Waals surface area (Å²) in [6.07, 6.45) is 4.00. The lowest BCUT2D eigenvalue weighted by Gasteiger charge is -2.21. The number of benzene rings is 1. The van der Waals surface area contributed by atoms with Crippen LogP contribution in [0.3, 0.4) is 0 Å². The second-order valence-electron chi connectivity index (χ2n) is 9.14. The number of aromatic nitrogens is 3. The molecule has 0 spiro atoms. The van der Waals surface area contributed by atoms with Gasteiger partial charge in [0.1, 0.15) is 22.6 Å². The number of hydrogen-bond donors (Lipinski definition) is 4. The first-order valence-electron chi connectivity index (χ1n) is 12.0. The summed E-state index contributed by atoms with van der Waals surface area (Å²) in [5.41, 5.74) is 3.19. The smallest absolute Gasteiger partial charge is 0.317 e. The molecule has 1 amide bonds. The van der Waals surface area contributed by atoms with Gasteiger partial charge in [-0.2, -0.15) is 4.98 Å². The predicted molar refractivity (Wildman–Crippen MR) is 142 cm³/mol.